The number of aromatic amines is 1. The van der Waals surface area contributed by atoms with E-state index in [1.54, 1.807) is 0 Å². The summed E-state index contributed by atoms with van der Waals surface area (Å²) >= 11 is 0. The van der Waals surface area contributed by atoms with E-state index < -0.39 is 0 Å². The molecular weight excluding hydrogens is 271 g/mol. The lowest BCUT2D eigenvalue weighted by molar-refractivity contribution is -0.770. The van der Waals surface area contributed by atoms with E-state index in [1.807, 2.05) is 19.6 Å². The van der Waals surface area contributed by atoms with Crippen molar-refractivity contribution in [2.45, 2.75) is 32.4 Å². The second kappa shape index (κ2) is 6.81. The number of nitrogens with one attached hydrogen (secondary N) is 1. The predicted molar refractivity (Wildman–Crippen MR) is 60.5 cm³/mol. The fourth-order valence-electron chi connectivity index (χ4n) is 2.19. The molecule has 18 heavy (non-hydrogen) atoms. The van der Waals surface area contributed by atoms with Crippen molar-refractivity contribution in [3.05, 3.63) is 37.4 Å². The minimum absolute atomic E-state index is 0. The third-order valence-corrected chi connectivity index (χ3v) is 3.15. The molecule has 1 N–H and O–H groups in total. The Morgan fingerprint density at radius 2 is 2.00 bits per heavy atom. The molecule has 0 fully saturated rings. The highest BCUT2D eigenvalue weighted by Crippen LogP contribution is 2.17. The quantitative estimate of drug-likeness (QED) is 0.547. The van der Waals surface area contributed by atoms with Crippen LogP contribution in [0.5, 0.6) is 0 Å². The van der Waals surface area contributed by atoms with Gasteiger partial charge >= 0.3 is 0 Å². The Balaban J connectivity index is 0.00000144. The van der Waals surface area contributed by atoms with Gasteiger partial charge in [0, 0.05) is 13.3 Å². The Morgan fingerprint density at radius 3 is 2.44 bits per heavy atom. The molecule has 0 saturated heterocycles. The number of hydrogen-bond acceptors (Lipinski definition) is 0. The van der Waals surface area contributed by atoms with Crippen LogP contribution in [0, 0.1) is 0 Å². The molecule has 0 aliphatic heterocycles. The molecule has 0 amide bonds. The van der Waals surface area contributed by atoms with Gasteiger partial charge in [-0.2, -0.15) is 9.13 Å². The molecule has 0 aromatic carbocycles. The Morgan fingerprint density at radius 1 is 1.28 bits per heavy atom. The second-order valence-electron chi connectivity index (χ2n) is 4.47. The Bertz CT molecular complexity index is 452. The third kappa shape index (κ3) is 3.06. The van der Waals surface area contributed by atoms with Gasteiger partial charge in [0.1, 0.15) is 24.8 Å². The number of rotatable bonds is 4. The maximum absolute atomic E-state index is 3.11. The van der Waals surface area contributed by atoms with Gasteiger partial charge in [-0.15, -0.1) is 0 Å². The SMILES string of the molecule is CCCC(C)(n1cc[n+](C)c1)[n+]1cc[nH]c1.[Cl-].[Cl-]. The van der Waals surface area contributed by atoms with Gasteiger partial charge < -0.3 is 24.8 Å². The molecule has 0 aliphatic rings. The zero-order valence-corrected chi connectivity index (χ0v) is 12.5. The summed E-state index contributed by atoms with van der Waals surface area (Å²) < 4.78 is 6.54. The normalized spacial score (nSPS) is 13.3. The molecule has 0 radical (unpaired) electrons. The van der Waals surface area contributed by atoms with Crippen LogP contribution in [0.25, 0.3) is 0 Å². The van der Waals surface area contributed by atoms with Crippen LogP contribution in [-0.4, -0.2) is 9.55 Å². The molecule has 102 valence electrons. The van der Waals surface area contributed by atoms with Crippen molar-refractivity contribution >= 4 is 0 Å². The first-order valence-electron chi connectivity index (χ1n) is 5.75. The number of hydrogen-bond donors (Lipinski definition) is 1. The first-order valence-corrected chi connectivity index (χ1v) is 5.75. The van der Waals surface area contributed by atoms with Gasteiger partial charge in [0.2, 0.25) is 18.3 Å². The van der Waals surface area contributed by atoms with Gasteiger partial charge in [0.15, 0.2) is 0 Å². The lowest BCUT2D eigenvalue weighted by Crippen LogP contribution is -3.00. The van der Waals surface area contributed by atoms with Gasteiger partial charge in [-0.3, -0.25) is 4.98 Å². The smallest absolute Gasteiger partial charge is 0.249 e. The van der Waals surface area contributed by atoms with Crippen LogP contribution in [0.4, 0.5) is 0 Å². The van der Waals surface area contributed by atoms with Crippen LogP contribution in [0.3, 0.4) is 0 Å². The summed E-state index contributed by atoms with van der Waals surface area (Å²) in [6, 6.07) is 0. The summed E-state index contributed by atoms with van der Waals surface area (Å²) in [5.41, 5.74) is -0.0317. The molecule has 2 aromatic rings. The monoisotopic (exact) mass is 290 g/mol. The largest absolute Gasteiger partial charge is 1.00 e. The average molecular weight is 291 g/mol. The van der Waals surface area contributed by atoms with Crippen LogP contribution in [0.1, 0.15) is 26.7 Å². The molecule has 0 bridgehead atoms. The molecule has 2 aromatic heterocycles. The third-order valence-electron chi connectivity index (χ3n) is 3.15. The molecule has 0 aliphatic carbocycles. The molecule has 2 rings (SSSR count). The molecule has 1 atom stereocenters. The highest BCUT2D eigenvalue weighted by Gasteiger charge is 2.36. The van der Waals surface area contributed by atoms with Crippen LogP contribution in [-0.2, 0) is 12.7 Å². The van der Waals surface area contributed by atoms with Crippen LogP contribution in [0.2, 0.25) is 0 Å². The minimum atomic E-state index is -0.0317. The van der Waals surface area contributed by atoms with Crippen LogP contribution in [0.15, 0.2) is 37.4 Å². The van der Waals surface area contributed by atoms with E-state index in [0.717, 1.165) is 12.8 Å². The average Bonchev–Trinajstić information content (AvgIpc) is 2.87. The Kier molecular flexibility index (Phi) is 6.43. The van der Waals surface area contributed by atoms with Crippen molar-refractivity contribution in [2.24, 2.45) is 7.05 Å². The van der Waals surface area contributed by atoms with E-state index in [2.05, 4.69) is 57.5 Å². The van der Waals surface area contributed by atoms with Gasteiger partial charge in [0.05, 0.1) is 7.05 Å². The van der Waals surface area contributed by atoms with Crippen molar-refractivity contribution in [3.8, 4) is 0 Å². The van der Waals surface area contributed by atoms with Crippen molar-refractivity contribution < 1.29 is 33.9 Å². The fourth-order valence-corrected chi connectivity index (χ4v) is 2.19. The number of aromatic nitrogens is 4. The number of nitrogens with zero attached hydrogens (tertiary/aromatic N) is 3. The van der Waals surface area contributed by atoms with Crippen molar-refractivity contribution in [2.75, 3.05) is 0 Å². The topological polar surface area (TPSA) is 28.5 Å². The zero-order valence-electron chi connectivity index (χ0n) is 11.0. The van der Waals surface area contributed by atoms with E-state index in [1.165, 1.54) is 0 Å². The number of halogens is 2. The lowest BCUT2D eigenvalue weighted by Gasteiger charge is -2.22. The summed E-state index contributed by atoms with van der Waals surface area (Å²) in [6.07, 6.45) is 14.6. The van der Waals surface area contributed by atoms with Crippen LogP contribution >= 0.6 is 0 Å². The van der Waals surface area contributed by atoms with Gasteiger partial charge in [-0.25, -0.2) is 4.57 Å². The van der Waals surface area contributed by atoms with E-state index in [9.17, 15) is 0 Å². The first kappa shape index (κ1) is 17.0. The highest BCUT2D eigenvalue weighted by atomic mass is 35.5. The number of aryl methyl sites for hydroxylation is 1. The minimum Gasteiger partial charge on any atom is -1.00 e. The first-order chi connectivity index (χ1) is 7.66. The molecule has 1 unspecified atom stereocenters. The molecule has 4 nitrogen and oxygen atoms in total. The van der Waals surface area contributed by atoms with E-state index >= 15 is 0 Å². The maximum atomic E-state index is 3.11. The van der Waals surface area contributed by atoms with Crippen molar-refractivity contribution in [1.82, 2.24) is 9.55 Å². The predicted octanol–water partition coefficient (Wildman–Crippen LogP) is -5.04. The summed E-state index contributed by atoms with van der Waals surface area (Å²) in [7, 11) is 2.05. The fraction of sp³-hybridized carbons (Fsp3) is 0.500. The molecular formula is C12H20Cl2N4. The van der Waals surface area contributed by atoms with E-state index in [-0.39, 0.29) is 30.5 Å². The molecule has 2 heterocycles. The van der Waals surface area contributed by atoms with Crippen LogP contribution < -0.4 is 33.9 Å². The molecule has 6 heteroatoms. The highest BCUT2D eigenvalue weighted by molar-refractivity contribution is 4.78. The van der Waals surface area contributed by atoms with E-state index in [4.69, 9.17) is 0 Å². The van der Waals surface area contributed by atoms with Gasteiger partial charge in [-0.1, -0.05) is 6.92 Å². The molecule has 0 spiro atoms. The summed E-state index contributed by atoms with van der Waals surface area (Å²) in [5.74, 6) is 0. The second-order valence-corrected chi connectivity index (χ2v) is 4.47. The van der Waals surface area contributed by atoms with Gasteiger partial charge in [0.25, 0.3) is 0 Å². The summed E-state index contributed by atoms with van der Waals surface area (Å²) in [6.45, 7) is 4.47. The van der Waals surface area contributed by atoms with E-state index in [0.29, 0.717) is 0 Å². The van der Waals surface area contributed by atoms with Gasteiger partial charge in [-0.05, 0) is 6.42 Å². The zero-order chi connectivity index (χ0) is 11.6. The van der Waals surface area contributed by atoms with Crippen molar-refractivity contribution in [1.29, 1.82) is 0 Å². The Hall–Kier alpha value is -1.00. The lowest BCUT2D eigenvalue weighted by atomic mass is 10.1. The van der Waals surface area contributed by atoms with Crippen molar-refractivity contribution in [3.63, 3.8) is 0 Å². The summed E-state index contributed by atoms with van der Waals surface area (Å²) in [5, 5.41) is 0. The molecule has 0 saturated carbocycles. The Labute approximate surface area is 120 Å². The summed E-state index contributed by atoms with van der Waals surface area (Å²) in [4.78, 5) is 3.11. The maximum Gasteiger partial charge on any atom is 0.249 e. The standard InChI is InChI=1S/C12H19N4.2ClH/c1-4-5-12(2,15-7-6-13-10-15)16-9-8-14(3)11-16;;/h6-11H,4-5H2,1-3H3;2*1H/q+1;;/p-1. The number of H-pyrrole nitrogens is 1. The number of imidazole rings is 2.